The van der Waals surface area contributed by atoms with E-state index in [0.717, 1.165) is 0 Å². The summed E-state index contributed by atoms with van der Waals surface area (Å²) in [5.74, 6) is -0.880. The van der Waals surface area contributed by atoms with E-state index >= 15 is 0 Å². The van der Waals surface area contributed by atoms with Crippen molar-refractivity contribution < 1.29 is 15.0 Å². The molecule has 3 nitrogen and oxygen atoms in total. The number of aliphatic carboxylic acids is 1. The predicted octanol–water partition coefficient (Wildman–Crippen LogP) is 4.48. The number of carbonyl (C=O) groups is 1. The van der Waals surface area contributed by atoms with Gasteiger partial charge in [0.15, 0.2) is 0 Å². The van der Waals surface area contributed by atoms with Crippen LogP contribution in [0.4, 0.5) is 0 Å². The Balaban J connectivity index is 2.36. The largest absolute Gasteiger partial charge is 0.481 e. The van der Waals surface area contributed by atoms with Gasteiger partial charge in [-0.1, -0.05) is 47.5 Å². The van der Waals surface area contributed by atoms with Gasteiger partial charge < -0.3 is 10.2 Å². The summed E-state index contributed by atoms with van der Waals surface area (Å²) in [4.78, 5) is 10.7. The van der Waals surface area contributed by atoms with Gasteiger partial charge in [-0.25, -0.2) is 0 Å². The van der Waals surface area contributed by atoms with Gasteiger partial charge in [0.1, 0.15) is 5.60 Å². The van der Waals surface area contributed by atoms with Crippen LogP contribution in [0.1, 0.15) is 30.4 Å². The van der Waals surface area contributed by atoms with Crippen LogP contribution in [0.5, 0.6) is 0 Å². The second-order valence-electron chi connectivity index (χ2n) is 5.12. The van der Waals surface area contributed by atoms with E-state index in [1.54, 1.807) is 48.5 Å². The fourth-order valence-electron chi connectivity index (χ4n) is 2.40. The number of halogens is 2. The molecular weight excluding hydrogens is 323 g/mol. The van der Waals surface area contributed by atoms with Crippen molar-refractivity contribution in [2.24, 2.45) is 0 Å². The van der Waals surface area contributed by atoms with Crippen molar-refractivity contribution in [3.8, 4) is 0 Å². The molecule has 2 N–H and O–H groups in total. The van der Waals surface area contributed by atoms with Crippen molar-refractivity contribution in [2.75, 3.05) is 0 Å². The molecule has 0 bridgehead atoms. The highest BCUT2D eigenvalue weighted by Crippen LogP contribution is 2.35. The molecule has 2 rings (SSSR count). The van der Waals surface area contributed by atoms with Gasteiger partial charge in [0.05, 0.1) is 0 Å². The zero-order valence-corrected chi connectivity index (χ0v) is 13.3. The van der Waals surface area contributed by atoms with Crippen molar-refractivity contribution in [2.45, 2.75) is 24.9 Å². The average molecular weight is 339 g/mol. The first kappa shape index (κ1) is 16.8. The van der Waals surface area contributed by atoms with E-state index in [4.69, 9.17) is 28.3 Å². The number of aliphatic hydroxyl groups is 1. The molecule has 0 radical (unpaired) electrons. The maximum absolute atomic E-state index is 11.2. The highest BCUT2D eigenvalue weighted by atomic mass is 35.5. The first-order chi connectivity index (χ1) is 10.4. The van der Waals surface area contributed by atoms with Crippen molar-refractivity contribution in [3.05, 3.63) is 69.7 Å². The van der Waals surface area contributed by atoms with Crippen molar-refractivity contribution in [1.82, 2.24) is 0 Å². The molecule has 0 amide bonds. The van der Waals surface area contributed by atoms with Crippen molar-refractivity contribution in [3.63, 3.8) is 0 Å². The second kappa shape index (κ2) is 7.14. The Bertz CT molecular complexity index is 590. The van der Waals surface area contributed by atoms with E-state index in [9.17, 15) is 9.90 Å². The van der Waals surface area contributed by atoms with Crippen LogP contribution in [-0.2, 0) is 10.4 Å². The third-order valence-electron chi connectivity index (χ3n) is 3.57. The van der Waals surface area contributed by atoms with E-state index in [0.29, 0.717) is 34.0 Å². The molecule has 0 aliphatic heterocycles. The molecule has 0 heterocycles. The van der Waals surface area contributed by atoms with Crippen molar-refractivity contribution in [1.29, 1.82) is 0 Å². The fraction of sp³-hybridized carbons (Fsp3) is 0.235. The minimum Gasteiger partial charge on any atom is -0.481 e. The second-order valence-corrected chi connectivity index (χ2v) is 5.99. The molecule has 0 saturated carbocycles. The molecule has 0 atom stereocenters. The van der Waals surface area contributed by atoms with Crippen LogP contribution >= 0.6 is 23.2 Å². The Morgan fingerprint density at radius 1 is 0.909 bits per heavy atom. The summed E-state index contributed by atoms with van der Waals surface area (Å²) in [6.07, 6.45) is 0.656. The molecule has 0 aliphatic rings. The smallest absolute Gasteiger partial charge is 0.303 e. The quantitative estimate of drug-likeness (QED) is 0.816. The van der Waals surface area contributed by atoms with Crippen LogP contribution < -0.4 is 0 Å². The Morgan fingerprint density at radius 2 is 1.32 bits per heavy atom. The monoisotopic (exact) mass is 338 g/mol. The molecule has 5 heteroatoms. The molecule has 2 aromatic rings. The van der Waals surface area contributed by atoms with Gasteiger partial charge in [0.2, 0.25) is 0 Å². The summed E-state index contributed by atoms with van der Waals surface area (Å²) in [6, 6.07) is 13.8. The lowest BCUT2D eigenvalue weighted by molar-refractivity contribution is -0.137. The third kappa shape index (κ3) is 4.01. The molecule has 0 saturated heterocycles. The van der Waals surface area contributed by atoms with Crippen molar-refractivity contribution >= 4 is 29.2 Å². The molecule has 0 spiro atoms. The van der Waals surface area contributed by atoms with Crippen LogP contribution in [0.2, 0.25) is 10.0 Å². The van der Waals surface area contributed by atoms with Gasteiger partial charge in [0, 0.05) is 16.5 Å². The first-order valence-corrected chi connectivity index (χ1v) is 7.64. The number of hydrogen-bond donors (Lipinski definition) is 2. The number of carboxylic acid groups (broad SMARTS) is 1. The summed E-state index contributed by atoms with van der Waals surface area (Å²) in [5.41, 5.74) is 0.0687. The summed E-state index contributed by atoms with van der Waals surface area (Å²) in [6.45, 7) is 0. The zero-order chi connectivity index (χ0) is 16.2. The van der Waals surface area contributed by atoms with E-state index in [1.807, 2.05) is 0 Å². The third-order valence-corrected chi connectivity index (χ3v) is 4.08. The minimum absolute atomic E-state index is 0.00346. The number of rotatable bonds is 6. The maximum atomic E-state index is 11.2. The lowest BCUT2D eigenvalue weighted by atomic mass is 9.82. The molecule has 0 fully saturated rings. The van der Waals surface area contributed by atoms with Gasteiger partial charge >= 0.3 is 5.97 Å². The molecule has 116 valence electrons. The summed E-state index contributed by atoms with van der Waals surface area (Å²) in [7, 11) is 0. The Labute approximate surface area is 139 Å². The standard InChI is InChI=1S/C17H16Cl2O3/c18-14-7-3-12(4-8-14)17(22,11-1-2-16(20)21)13-5-9-15(19)10-6-13/h3-10,22H,1-2,11H2,(H,20,21). The van der Waals surface area contributed by atoms with Gasteiger partial charge in [-0.05, 0) is 48.2 Å². The highest BCUT2D eigenvalue weighted by Gasteiger charge is 2.31. The Hall–Kier alpha value is -1.55. The Morgan fingerprint density at radius 3 is 1.68 bits per heavy atom. The molecule has 2 aromatic carbocycles. The van der Waals surface area contributed by atoms with E-state index in [1.165, 1.54) is 0 Å². The lowest BCUT2D eigenvalue weighted by Crippen LogP contribution is -2.27. The summed E-state index contributed by atoms with van der Waals surface area (Å²) in [5, 5.41) is 21.1. The Kier molecular flexibility index (Phi) is 5.46. The number of hydrogen-bond acceptors (Lipinski definition) is 2. The average Bonchev–Trinajstić information content (AvgIpc) is 2.48. The summed E-state index contributed by atoms with van der Waals surface area (Å²) >= 11 is 11.8. The van der Waals surface area contributed by atoms with E-state index < -0.39 is 11.6 Å². The molecule has 0 aromatic heterocycles. The van der Waals surface area contributed by atoms with Gasteiger partial charge in [-0.2, -0.15) is 0 Å². The van der Waals surface area contributed by atoms with E-state index in [-0.39, 0.29) is 6.42 Å². The van der Waals surface area contributed by atoms with Gasteiger partial charge in [0.25, 0.3) is 0 Å². The SMILES string of the molecule is O=C(O)CCCC(O)(c1ccc(Cl)cc1)c1ccc(Cl)cc1. The highest BCUT2D eigenvalue weighted by molar-refractivity contribution is 6.30. The predicted molar refractivity (Wildman–Crippen MR) is 87.4 cm³/mol. The molecule has 0 unspecified atom stereocenters. The minimum atomic E-state index is -1.27. The maximum Gasteiger partial charge on any atom is 0.303 e. The number of carboxylic acids is 1. The van der Waals surface area contributed by atoms with Crippen LogP contribution in [0.3, 0.4) is 0 Å². The van der Waals surface area contributed by atoms with Gasteiger partial charge in [-0.15, -0.1) is 0 Å². The fourth-order valence-corrected chi connectivity index (χ4v) is 2.65. The normalized spacial score (nSPS) is 11.4. The molecule has 0 aliphatic carbocycles. The van der Waals surface area contributed by atoms with Crippen LogP contribution in [0.15, 0.2) is 48.5 Å². The van der Waals surface area contributed by atoms with Crippen LogP contribution in [0.25, 0.3) is 0 Å². The zero-order valence-electron chi connectivity index (χ0n) is 11.8. The summed E-state index contributed by atoms with van der Waals surface area (Å²) < 4.78 is 0. The number of benzene rings is 2. The topological polar surface area (TPSA) is 57.5 Å². The van der Waals surface area contributed by atoms with Crippen LogP contribution in [0, 0.1) is 0 Å². The molecule has 22 heavy (non-hydrogen) atoms. The molecular formula is C17H16Cl2O3. The lowest BCUT2D eigenvalue weighted by Gasteiger charge is -2.29. The first-order valence-electron chi connectivity index (χ1n) is 6.88. The van der Waals surface area contributed by atoms with E-state index in [2.05, 4.69) is 0 Å². The van der Waals surface area contributed by atoms with Gasteiger partial charge in [-0.3, -0.25) is 4.79 Å². The van der Waals surface area contributed by atoms with Crippen LogP contribution in [-0.4, -0.2) is 16.2 Å².